The van der Waals surface area contributed by atoms with E-state index in [1.54, 1.807) is 26.4 Å². The summed E-state index contributed by atoms with van der Waals surface area (Å²) < 4.78 is 20.3. The molecule has 1 amide bonds. The third-order valence-electron chi connectivity index (χ3n) is 6.30. The fourth-order valence-electron chi connectivity index (χ4n) is 4.51. The number of carbonyl (C=O) groups is 1. The molecule has 2 saturated heterocycles. The minimum absolute atomic E-state index is 0.0629. The van der Waals surface area contributed by atoms with Crippen LogP contribution in [-0.2, 0) is 11.3 Å². The SMILES string of the molecule is Cc1nc([C@@H]2CCCCN2Cc2ccc(N3CCOCC3)c(F)c2)ncc1C(=O)N(C)C. The number of aryl methyl sites for hydroxylation is 1. The van der Waals surface area contributed by atoms with Crippen molar-refractivity contribution in [3.63, 3.8) is 0 Å². The molecule has 0 N–H and O–H groups in total. The van der Waals surface area contributed by atoms with E-state index in [4.69, 9.17) is 9.72 Å². The molecule has 2 aromatic rings. The highest BCUT2D eigenvalue weighted by Crippen LogP contribution is 2.31. The van der Waals surface area contributed by atoms with Crippen LogP contribution >= 0.6 is 0 Å². The Bertz CT molecular complexity index is 961. The van der Waals surface area contributed by atoms with Crippen LogP contribution < -0.4 is 4.90 Å². The summed E-state index contributed by atoms with van der Waals surface area (Å²) in [5.41, 5.74) is 2.82. The molecular weight excluding hydrogens is 409 g/mol. The smallest absolute Gasteiger partial charge is 0.256 e. The summed E-state index contributed by atoms with van der Waals surface area (Å²) >= 11 is 0. The fourth-order valence-corrected chi connectivity index (χ4v) is 4.51. The maximum Gasteiger partial charge on any atom is 0.256 e. The van der Waals surface area contributed by atoms with Crippen molar-refractivity contribution in [2.75, 3.05) is 51.8 Å². The number of amides is 1. The van der Waals surface area contributed by atoms with Gasteiger partial charge in [-0.3, -0.25) is 9.69 Å². The lowest BCUT2D eigenvalue weighted by Gasteiger charge is -2.35. The molecule has 1 atom stereocenters. The molecule has 7 nitrogen and oxygen atoms in total. The van der Waals surface area contributed by atoms with Gasteiger partial charge in [-0.2, -0.15) is 0 Å². The standard InChI is InChI=1S/C24H32FN5O2/c1-17-19(24(31)28(2)3)15-26-23(27-17)22-6-4-5-9-30(22)16-18-7-8-21(20(25)14-18)29-10-12-32-13-11-29/h7-8,14-15,22H,4-6,9-13,16H2,1-3H3/t22-/m0/s1. The van der Waals surface area contributed by atoms with Gasteiger partial charge in [0, 0.05) is 39.9 Å². The van der Waals surface area contributed by atoms with Crippen molar-refractivity contribution >= 4 is 11.6 Å². The summed E-state index contributed by atoms with van der Waals surface area (Å²) in [5, 5.41) is 0. The molecule has 2 aliphatic heterocycles. The number of ether oxygens (including phenoxy) is 1. The summed E-state index contributed by atoms with van der Waals surface area (Å²) in [4.78, 5) is 27.5. The number of aromatic nitrogens is 2. The van der Waals surface area contributed by atoms with E-state index in [0.29, 0.717) is 49.8 Å². The van der Waals surface area contributed by atoms with Gasteiger partial charge >= 0.3 is 0 Å². The topological polar surface area (TPSA) is 61.8 Å². The minimum atomic E-state index is -0.184. The highest BCUT2D eigenvalue weighted by Gasteiger charge is 2.28. The van der Waals surface area contributed by atoms with Crippen molar-refractivity contribution in [2.45, 2.75) is 38.8 Å². The van der Waals surface area contributed by atoms with Crippen molar-refractivity contribution in [3.05, 3.63) is 52.9 Å². The third-order valence-corrected chi connectivity index (χ3v) is 6.30. The normalized spacial score (nSPS) is 19.8. The zero-order valence-electron chi connectivity index (χ0n) is 19.2. The second kappa shape index (κ2) is 9.92. The van der Waals surface area contributed by atoms with Crippen molar-refractivity contribution < 1.29 is 13.9 Å². The van der Waals surface area contributed by atoms with Crippen LogP contribution in [0.3, 0.4) is 0 Å². The number of benzene rings is 1. The summed E-state index contributed by atoms with van der Waals surface area (Å²) in [7, 11) is 3.45. The zero-order chi connectivity index (χ0) is 22.7. The quantitative estimate of drug-likeness (QED) is 0.710. The van der Waals surface area contributed by atoms with Gasteiger partial charge in [-0.25, -0.2) is 14.4 Å². The molecule has 3 heterocycles. The van der Waals surface area contributed by atoms with Gasteiger partial charge in [0.1, 0.15) is 11.6 Å². The molecule has 32 heavy (non-hydrogen) atoms. The number of carbonyl (C=O) groups excluding carboxylic acids is 1. The fraction of sp³-hybridized carbons (Fsp3) is 0.542. The number of halogens is 1. The Morgan fingerprint density at radius 2 is 2.00 bits per heavy atom. The van der Waals surface area contributed by atoms with Crippen LogP contribution in [0.15, 0.2) is 24.4 Å². The van der Waals surface area contributed by atoms with E-state index in [0.717, 1.165) is 37.2 Å². The largest absolute Gasteiger partial charge is 0.378 e. The van der Waals surface area contributed by atoms with E-state index < -0.39 is 0 Å². The van der Waals surface area contributed by atoms with E-state index in [9.17, 15) is 9.18 Å². The average molecular weight is 442 g/mol. The van der Waals surface area contributed by atoms with Gasteiger partial charge in [-0.15, -0.1) is 0 Å². The minimum Gasteiger partial charge on any atom is -0.378 e. The zero-order valence-corrected chi connectivity index (χ0v) is 19.2. The molecule has 0 radical (unpaired) electrons. The van der Waals surface area contributed by atoms with E-state index in [2.05, 4.69) is 9.88 Å². The number of piperidine rings is 1. The Morgan fingerprint density at radius 3 is 2.69 bits per heavy atom. The summed E-state index contributed by atoms with van der Waals surface area (Å²) in [6, 6.07) is 5.62. The lowest BCUT2D eigenvalue weighted by Crippen LogP contribution is -2.37. The first-order valence-electron chi connectivity index (χ1n) is 11.3. The van der Waals surface area contributed by atoms with Gasteiger partial charge in [-0.05, 0) is 44.0 Å². The average Bonchev–Trinajstić information content (AvgIpc) is 2.79. The summed E-state index contributed by atoms with van der Waals surface area (Å²) in [6.07, 6.45) is 4.80. The Labute approximate surface area is 189 Å². The van der Waals surface area contributed by atoms with E-state index in [1.165, 1.54) is 4.90 Å². The Kier molecular flexibility index (Phi) is 7.01. The molecule has 0 saturated carbocycles. The Hall–Kier alpha value is -2.58. The molecule has 0 unspecified atom stereocenters. The monoisotopic (exact) mass is 441 g/mol. The molecule has 2 fully saturated rings. The molecule has 2 aliphatic rings. The number of rotatable bonds is 5. The molecule has 0 aliphatic carbocycles. The van der Waals surface area contributed by atoms with Crippen molar-refractivity contribution in [1.82, 2.24) is 19.8 Å². The molecule has 1 aromatic heterocycles. The van der Waals surface area contributed by atoms with Crippen molar-refractivity contribution in [1.29, 1.82) is 0 Å². The number of hydrogen-bond donors (Lipinski definition) is 0. The van der Waals surface area contributed by atoms with Gasteiger partial charge in [0.25, 0.3) is 5.91 Å². The first-order chi connectivity index (χ1) is 15.4. The number of morpholine rings is 1. The Balaban J connectivity index is 1.51. The van der Waals surface area contributed by atoms with Crippen LogP contribution in [-0.4, -0.2) is 72.6 Å². The van der Waals surface area contributed by atoms with E-state index >= 15 is 0 Å². The lowest BCUT2D eigenvalue weighted by molar-refractivity contribution is 0.0825. The maximum absolute atomic E-state index is 14.9. The van der Waals surface area contributed by atoms with E-state index in [-0.39, 0.29) is 17.8 Å². The summed E-state index contributed by atoms with van der Waals surface area (Å²) in [5.74, 6) is 0.463. The highest BCUT2D eigenvalue weighted by atomic mass is 19.1. The number of anilines is 1. The highest BCUT2D eigenvalue weighted by molar-refractivity contribution is 5.94. The number of likely N-dealkylation sites (tertiary alicyclic amines) is 1. The lowest BCUT2D eigenvalue weighted by atomic mass is 10.00. The Morgan fingerprint density at radius 1 is 1.22 bits per heavy atom. The van der Waals surface area contributed by atoms with Gasteiger partial charge in [0.05, 0.1) is 36.2 Å². The second-order valence-electron chi connectivity index (χ2n) is 8.79. The first kappa shape index (κ1) is 22.6. The van der Waals surface area contributed by atoms with Gasteiger partial charge < -0.3 is 14.5 Å². The van der Waals surface area contributed by atoms with Gasteiger partial charge in [-0.1, -0.05) is 12.5 Å². The van der Waals surface area contributed by atoms with Crippen LogP contribution in [0, 0.1) is 12.7 Å². The van der Waals surface area contributed by atoms with Gasteiger partial charge in [0.2, 0.25) is 0 Å². The second-order valence-corrected chi connectivity index (χ2v) is 8.79. The van der Waals surface area contributed by atoms with Crippen LogP contribution in [0.5, 0.6) is 0 Å². The molecule has 1 aromatic carbocycles. The van der Waals surface area contributed by atoms with Crippen LogP contribution in [0.1, 0.15) is 52.7 Å². The molecule has 172 valence electrons. The van der Waals surface area contributed by atoms with Crippen molar-refractivity contribution in [3.8, 4) is 0 Å². The molecule has 0 spiro atoms. The van der Waals surface area contributed by atoms with Crippen LogP contribution in [0.25, 0.3) is 0 Å². The maximum atomic E-state index is 14.9. The van der Waals surface area contributed by atoms with Gasteiger partial charge in [0.15, 0.2) is 0 Å². The van der Waals surface area contributed by atoms with Crippen LogP contribution in [0.2, 0.25) is 0 Å². The third kappa shape index (κ3) is 4.91. The van der Waals surface area contributed by atoms with E-state index in [1.807, 2.05) is 24.0 Å². The summed E-state index contributed by atoms with van der Waals surface area (Å²) in [6.45, 7) is 6.11. The number of nitrogens with zero attached hydrogens (tertiary/aromatic N) is 5. The molecular formula is C24H32FN5O2. The van der Waals surface area contributed by atoms with Crippen LogP contribution in [0.4, 0.5) is 10.1 Å². The molecule has 0 bridgehead atoms. The molecule has 4 rings (SSSR count). The molecule has 8 heteroatoms. The predicted molar refractivity (Wildman–Crippen MR) is 121 cm³/mol. The van der Waals surface area contributed by atoms with Crippen molar-refractivity contribution in [2.24, 2.45) is 0 Å². The predicted octanol–water partition coefficient (Wildman–Crippen LogP) is 3.19. The number of hydrogen-bond acceptors (Lipinski definition) is 6. The first-order valence-corrected chi connectivity index (χ1v) is 11.3.